The number of fused-ring (bicyclic) bond motifs is 2. The Bertz CT molecular complexity index is 1810. The molecule has 6 rings (SSSR count). The smallest absolute Gasteiger partial charge is 0.410 e. The van der Waals surface area contributed by atoms with E-state index in [1.807, 2.05) is 28.3 Å². The van der Waals surface area contributed by atoms with E-state index in [-0.39, 0.29) is 42.3 Å². The fourth-order valence-corrected chi connectivity index (χ4v) is 8.78. The van der Waals surface area contributed by atoms with E-state index in [0.29, 0.717) is 42.2 Å². The summed E-state index contributed by atoms with van der Waals surface area (Å²) >= 11 is 2.85. The molecule has 3 aliphatic rings. The zero-order valence-electron chi connectivity index (χ0n) is 25.8. The Morgan fingerprint density at radius 3 is 2.43 bits per heavy atom. The van der Waals surface area contributed by atoms with Crippen LogP contribution in [-0.4, -0.2) is 103 Å². The quantitative estimate of drug-likeness (QED) is 0.111. The number of nitrogens with zero attached hydrogens (tertiary/aromatic N) is 6. The highest BCUT2D eigenvalue weighted by molar-refractivity contribution is 7.98. The summed E-state index contributed by atoms with van der Waals surface area (Å²) in [4.78, 5) is 67.4. The highest BCUT2D eigenvalue weighted by atomic mass is 32.2. The summed E-state index contributed by atoms with van der Waals surface area (Å²) in [6.45, 7) is 4.75. The summed E-state index contributed by atoms with van der Waals surface area (Å²) in [6, 6.07) is 5.36. The molecule has 2 N–H and O–H groups in total. The number of rotatable bonds is 9. The molecule has 47 heavy (non-hydrogen) atoms. The van der Waals surface area contributed by atoms with E-state index in [1.54, 1.807) is 18.2 Å². The molecule has 17 heteroatoms. The molecule has 0 aliphatic carbocycles. The van der Waals surface area contributed by atoms with Crippen molar-refractivity contribution in [2.75, 3.05) is 32.4 Å². The molecule has 2 fully saturated rings. The normalized spacial score (nSPS) is 21.6. The average Bonchev–Trinajstić information content (AvgIpc) is 3.66. The van der Waals surface area contributed by atoms with Gasteiger partial charge < -0.3 is 29.6 Å². The van der Waals surface area contributed by atoms with E-state index in [9.17, 15) is 39.5 Å². The van der Waals surface area contributed by atoms with Gasteiger partial charge in [-0.2, -0.15) is 4.40 Å². The number of carbonyl (C=O) groups excluding carboxylic acids is 3. The number of carboxylic acid groups (broad SMARTS) is 1. The van der Waals surface area contributed by atoms with Crippen LogP contribution in [0.5, 0.6) is 0 Å². The van der Waals surface area contributed by atoms with Crippen LogP contribution >= 0.6 is 23.1 Å². The fraction of sp³-hybridized carbons (Fsp3) is 0.433. The average molecular weight is 686 g/mol. The van der Waals surface area contributed by atoms with Crippen LogP contribution in [0.2, 0.25) is 0 Å². The lowest BCUT2D eigenvalue weighted by atomic mass is 9.77. The largest absolute Gasteiger partial charge is 0.477 e. The van der Waals surface area contributed by atoms with Crippen LogP contribution in [0.1, 0.15) is 24.3 Å². The van der Waals surface area contributed by atoms with Crippen molar-refractivity contribution in [1.29, 1.82) is 0 Å². The van der Waals surface area contributed by atoms with E-state index in [2.05, 4.69) is 0 Å². The number of imidazole rings is 1. The number of piperazine rings is 1. The molecule has 0 bridgehead atoms. The Kier molecular flexibility index (Phi) is 8.71. The number of aliphatic carboxylic acids is 1. The van der Waals surface area contributed by atoms with Crippen LogP contribution in [0, 0.1) is 22.0 Å². The van der Waals surface area contributed by atoms with Crippen molar-refractivity contribution < 1.29 is 43.6 Å². The molecule has 3 aromatic rings. The lowest BCUT2D eigenvalue weighted by molar-refractivity contribution is -0.718. The van der Waals surface area contributed by atoms with Crippen molar-refractivity contribution in [3.63, 3.8) is 0 Å². The first-order valence-electron chi connectivity index (χ1n) is 14.9. The highest BCUT2D eigenvalue weighted by Crippen LogP contribution is 2.51. The molecule has 4 atom stereocenters. The van der Waals surface area contributed by atoms with Crippen LogP contribution in [0.4, 0.5) is 10.5 Å². The minimum atomic E-state index is -1.19. The first-order valence-corrected chi connectivity index (χ1v) is 16.9. The molecule has 3 amide bonds. The molecular weight excluding hydrogens is 652 g/mol. The topological polar surface area (TPSA) is 179 Å². The standard InChI is InChI=1S/C30H32N6O9S2/c1-16-22(25(29(40)41)35-24(16)23(17(2)37)26(35)39)20-12-33-15-34(27(46-3)28(33)47-20)13-21(38)31-8-10-32(11-9-31)30(42)45-14-18-4-6-19(7-5-18)36(43)44/h4-7,12,15-17,23-24,37H,8-11,13-14H2,1-3H3/p+1/t16-,17+,23+,24+/m0/s1. The minimum Gasteiger partial charge on any atom is -0.477 e. The van der Waals surface area contributed by atoms with Crippen LogP contribution in [-0.2, 0) is 32.3 Å². The number of thiazole rings is 1. The summed E-state index contributed by atoms with van der Waals surface area (Å²) in [5, 5.41) is 31.9. The molecule has 5 heterocycles. The lowest BCUT2D eigenvalue weighted by Gasteiger charge is -2.46. The number of nitro groups is 1. The van der Waals surface area contributed by atoms with Crippen LogP contribution in [0.3, 0.4) is 0 Å². The second-order valence-electron chi connectivity index (χ2n) is 11.7. The van der Waals surface area contributed by atoms with E-state index in [1.165, 1.54) is 57.2 Å². The number of aromatic nitrogens is 2. The maximum atomic E-state index is 13.3. The van der Waals surface area contributed by atoms with Gasteiger partial charge in [0.2, 0.25) is 15.8 Å². The third-order valence-corrected chi connectivity index (χ3v) is 11.0. The third kappa shape index (κ3) is 5.72. The van der Waals surface area contributed by atoms with Gasteiger partial charge >= 0.3 is 12.1 Å². The van der Waals surface area contributed by atoms with Gasteiger partial charge in [-0.3, -0.25) is 19.7 Å². The van der Waals surface area contributed by atoms with E-state index in [0.717, 1.165) is 9.86 Å². The number of benzene rings is 1. The van der Waals surface area contributed by atoms with Crippen molar-refractivity contribution in [3.8, 4) is 0 Å². The number of hydrogen-bond acceptors (Lipinski definition) is 10. The fourth-order valence-electron chi connectivity index (χ4n) is 6.60. The number of thioether (sulfide) groups is 1. The molecule has 0 saturated carbocycles. The number of β-lactam (4-membered cyclic amide) rings is 1. The zero-order chi connectivity index (χ0) is 33.7. The number of aliphatic hydroxyl groups excluding tert-OH is 1. The molecule has 0 spiro atoms. The van der Waals surface area contributed by atoms with Crippen LogP contribution in [0.15, 0.2) is 47.5 Å². The van der Waals surface area contributed by atoms with Gasteiger partial charge in [0.1, 0.15) is 18.5 Å². The second kappa shape index (κ2) is 12.6. The van der Waals surface area contributed by atoms with Gasteiger partial charge in [-0.15, -0.1) is 0 Å². The number of amides is 3. The lowest BCUT2D eigenvalue weighted by Crippen LogP contribution is -2.63. The maximum absolute atomic E-state index is 13.3. The first kappa shape index (κ1) is 32.5. The summed E-state index contributed by atoms with van der Waals surface area (Å²) in [6.07, 6.45) is 4.11. The monoisotopic (exact) mass is 685 g/mol. The number of carbonyl (C=O) groups is 4. The Morgan fingerprint density at radius 2 is 1.83 bits per heavy atom. The molecule has 2 aromatic heterocycles. The number of hydrogen-bond donors (Lipinski definition) is 2. The third-order valence-electron chi connectivity index (χ3n) is 8.94. The summed E-state index contributed by atoms with van der Waals surface area (Å²) < 4.78 is 9.07. The number of ether oxygens (including phenoxy) is 1. The van der Waals surface area contributed by atoms with Crippen LogP contribution in [0.25, 0.3) is 10.4 Å². The van der Waals surface area contributed by atoms with Crippen molar-refractivity contribution in [3.05, 3.63) is 63.0 Å². The Balaban J connectivity index is 1.10. The molecular formula is C30H33N6O9S2+. The predicted octanol–water partition coefficient (Wildman–Crippen LogP) is 2.05. The SMILES string of the molecule is CSc1c2sc(C3=C(C(=O)O)N4C(=O)[C@H]([C@@H](C)O)[C@H]4[C@H]3C)cn2c[n+]1CC(=O)N1CCN(C(=O)OCc2ccc([N+](=O)[O-])cc2)CC1. The van der Waals surface area contributed by atoms with Gasteiger partial charge in [0, 0.05) is 49.8 Å². The summed E-state index contributed by atoms with van der Waals surface area (Å²) in [7, 11) is 0. The van der Waals surface area contributed by atoms with Crippen molar-refractivity contribution in [1.82, 2.24) is 19.1 Å². The number of carboxylic acids is 1. The Morgan fingerprint density at radius 1 is 1.17 bits per heavy atom. The van der Waals surface area contributed by atoms with Crippen LogP contribution < -0.4 is 4.57 Å². The summed E-state index contributed by atoms with van der Waals surface area (Å²) in [5.41, 5.74) is 1.10. The molecule has 0 unspecified atom stereocenters. The predicted molar refractivity (Wildman–Crippen MR) is 168 cm³/mol. The van der Waals surface area contributed by atoms with Gasteiger partial charge in [0.15, 0.2) is 6.54 Å². The summed E-state index contributed by atoms with van der Waals surface area (Å²) in [5.74, 6) is -2.61. The number of nitro benzene ring substituents is 1. The van der Waals surface area contributed by atoms with Crippen molar-refractivity contribution in [2.24, 2.45) is 11.8 Å². The van der Waals surface area contributed by atoms with E-state index >= 15 is 0 Å². The highest BCUT2D eigenvalue weighted by Gasteiger charge is 2.60. The van der Waals surface area contributed by atoms with Gasteiger partial charge in [-0.1, -0.05) is 30.0 Å². The number of non-ortho nitro benzene ring substituents is 1. The minimum absolute atomic E-state index is 0.0231. The Hall–Kier alpha value is -4.48. The van der Waals surface area contributed by atoms with E-state index < -0.39 is 35.0 Å². The van der Waals surface area contributed by atoms with Gasteiger partial charge in [-0.25, -0.2) is 14.2 Å². The zero-order valence-corrected chi connectivity index (χ0v) is 27.4. The molecule has 1 aromatic carbocycles. The molecule has 3 aliphatic heterocycles. The van der Waals surface area contributed by atoms with Gasteiger partial charge in [0.05, 0.1) is 27.9 Å². The number of aliphatic hydroxyl groups is 1. The van der Waals surface area contributed by atoms with Gasteiger partial charge in [-0.05, 0) is 30.9 Å². The molecule has 15 nitrogen and oxygen atoms in total. The molecule has 2 saturated heterocycles. The molecule has 0 radical (unpaired) electrons. The first-order chi connectivity index (χ1) is 22.4. The molecule has 248 valence electrons. The van der Waals surface area contributed by atoms with Crippen molar-refractivity contribution >= 4 is 63.1 Å². The Labute approximate surface area is 276 Å². The maximum Gasteiger partial charge on any atom is 0.410 e. The second-order valence-corrected chi connectivity index (χ2v) is 13.6. The van der Waals surface area contributed by atoms with Crippen molar-refractivity contribution in [2.45, 2.75) is 44.2 Å². The van der Waals surface area contributed by atoms with E-state index in [4.69, 9.17) is 4.74 Å². The van der Waals surface area contributed by atoms with Gasteiger partial charge in [0.25, 0.3) is 17.9 Å².